The molecule has 8 heteroatoms. The Bertz CT molecular complexity index is 927. The molecule has 0 aliphatic rings. The number of nitro benzene ring substituents is 1. The summed E-state index contributed by atoms with van der Waals surface area (Å²) in [5.74, 6) is 0. The first-order valence-electron chi connectivity index (χ1n) is 6.08. The van der Waals surface area contributed by atoms with Crippen LogP contribution < -0.4 is 0 Å². The van der Waals surface area contributed by atoms with Crippen LogP contribution >= 0.6 is 67.8 Å². The van der Waals surface area contributed by atoms with E-state index in [-0.39, 0.29) is 11.3 Å². The first-order valence-corrected chi connectivity index (χ1v) is 9.32. The Morgan fingerprint density at radius 3 is 2.26 bits per heavy atom. The molecule has 0 aromatic heterocycles. The van der Waals surface area contributed by atoms with Gasteiger partial charge in [0.25, 0.3) is 5.69 Å². The minimum Gasteiger partial charge on any atom is -0.258 e. The fraction of sp³-hybridized carbons (Fsp3) is 0.0667. The van der Waals surface area contributed by atoms with Gasteiger partial charge in [-0.1, -0.05) is 0 Å². The molecule has 0 aliphatic heterocycles. The van der Waals surface area contributed by atoms with Gasteiger partial charge in [0.2, 0.25) is 0 Å². The number of nitrogens with zero attached hydrogens (tertiary/aromatic N) is 3. The van der Waals surface area contributed by atoms with Crippen LogP contribution in [-0.2, 0) is 0 Å². The molecule has 0 radical (unpaired) electrons. The lowest BCUT2D eigenvalue weighted by Gasteiger charge is -2.12. The summed E-state index contributed by atoms with van der Waals surface area (Å²) in [6, 6.07) is 9.12. The molecule has 2 aromatic rings. The van der Waals surface area contributed by atoms with Crippen molar-refractivity contribution in [3.8, 4) is 23.3 Å². The van der Waals surface area contributed by atoms with Crippen LogP contribution in [-0.4, -0.2) is 4.92 Å². The Morgan fingerprint density at radius 1 is 1.09 bits per heavy atom. The molecule has 0 atom stereocenters. The molecular weight excluding hydrogens is 635 g/mol. The highest BCUT2D eigenvalue weighted by Crippen LogP contribution is 2.37. The standard InChI is InChI=1S/C15H6I3N3O2/c1-7-9(5-19)2-8(3-13(7)21(22)23)14-12(17)4-11(16)10(6-20)15(14)18/h2-4H,1H3. The molecule has 0 saturated carbocycles. The zero-order valence-corrected chi connectivity index (χ0v) is 18.0. The van der Waals surface area contributed by atoms with Gasteiger partial charge in [-0.15, -0.1) is 0 Å². The molecule has 0 saturated heterocycles. The first-order chi connectivity index (χ1) is 10.8. The summed E-state index contributed by atoms with van der Waals surface area (Å²) in [4.78, 5) is 10.8. The third kappa shape index (κ3) is 3.44. The highest BCUT2D eigenvalue weighted by atomic mass is 127. The summed E-state index contributed by atoms with van der Waals surface area (Å²) < 4.78 is 2.42. The van der Waals surface area contributed by atoms with Gasteiger partial charge in [-0.3, -0.25) is 10.1 Å². The van der Waals surface area contributed by atoms with E-state index in [2.05, 4.69) is 73.8 Å². The van der Waals surface area contributed by atoms with Crippen LogP contribution in [0.3, 0.4) is 0 Å². The van der Waals surface area contributed by atoms with Gasteiger partial charge in [0.05, 0.1) is 22.1 Å². The Hall–Kier alpha value is -0.990. The smallest absolute Gasteiger partial charge is 0.258 e. The molecule has 0 amide bonds. The van der Waals surface area contributed by atoms with E-state index in [0.29, 0.717) is 16.7 Å². The molecule has 0 bridgehead atoms. The molecule has 0 aliphatic carbocycles. The van der Waals surface area contributed by atoms with Gasteiger partial charge in [0, 0.05) is 27.9 Å². The largest absolute Gasteiger partial charge is 0.274 e. The predicted molar refractivity (Wildman–Crippen MR) is 111 cm³/mol. The summed E-state index contributed by atoms with van der Waals surface area (Å²) in [6.07, 6.45) is 0. The van der Waals surface area contributed by atoms with Crippen molar-refractivity contribution < 1.29 is 4.92 Å². The molecule has 0 spiro atoms. The van der Waals surface area contributed by atoms with Crippen molar-refractivity contribution in [2.24, 2.45) is 0 Å². The van der Waals surface area contributed by atoms with Crippen molar-refractivity contribution in [2.75, 3.05) is 0 Å². The summed E-state index contributed by atoms with van der Waals surface area (Å²) in [5.41, 5.74) is 2.35. The van der Waals surface area contributed by atoms with Crippen LogP contribution in [0.2, 0.25) is 0 Å². The van der Waals surface area contributed by atoms with Crippen LogP contribution in [0.25, 0.3) is 11.1 Å². The molecule has 0 fully saturated rings. The van der Waals surface area contributed by atoms with Crippen molar-refractivity contribution in [3.63, 3.8) is 0 Å². The fourth-order valence-corrected chi connectivity index (χ4v) is 6.34. The first kappa shape index (κ1) is 18.4. The number of nitriles is 2. The van der Waals surface area contributed by atoms with Gasteiger partial charge < -0.3 is 0 Å². The van der Waals surface area contributed by atoms with Gasteiger partial charge in [-0.05, 0) is 92.4 Å². The minimum atomic E-state index is -0.489. The van der Waals surface area contributed by atoms with E-state index in [1.54, 1.807) is 13.0 Å². The molecular formula is C15H6I3N3O2. The van der Waals surface area contributed by atoms with Gasteiger partial charge in [0.1, 0.15) is 6.07 Å². The lowest BCUT2D eigenvalue weighted by atomic mass is 9.97. The maximum Gasteiger partial charge on any atom is 0.274 e. The fourth-order valence-electron chi connectivity index (χ4n) is 2.11. The number of rotatable bonds is 2. The molecule has 23 heavy (non-hydrogen) atoms. The van der Waals surface area contributed by atoms with Crippen LogP contribution in [0.4, 0.5) is 5.69 Å². The van der Waals surface area contributed by atoms with Crippen LogP contribution in [0.5, 0.6) is 0 Å². The maximum absolute atomic E-state index is 11.3. The van der Waals surface area contributed by atoms with Crippen molar-refractivity contribution in [1.29, 1.82) is 10.5 Å². The second kappa shape index (κ2) is 7.27. The normalized spacial score (nSPS) is 10.0. The number of hydrogen-bond donors (Lipinski definition) is 0. The van der Waals surface area contributed by atoms with E-state index in [1.165, 1.54) is 6.07 Å². The van der Waals surface area contributed by atoms with Crippen molar-refractivity contribution in [3.05, 3.63) is 55.7 Å². The molecule has 5 nitrogen and oxygen atoms in total. The van der Waals surface area contributed by atoms with Crippen molar-refractivity contribution >= 4 is 73.5 Å². The monoisotopic (exact) mass is 641 g/mol. The van der Waals surface area contributed by atoms with E-state index < -0.39 is 4.92 Å². The second-order valence-corrected chi connectivity index (χ2v) is 7.96. The van der Waals surface area contributed by atoms with E-state index in [1.807, 2.05) is 12.1 Å². The second-order valence-electron chi connectivity index (χ2n) is 4.55. The highest BCUT2D eigenvalue weighted by molar-refractivity contribution is 14.1. The number of hydrogen-bond acceptors (Lipinski definition) is 4. The molecule has 0 heterocycles. The van der Waals surface area contributed by atoms with Crippen LogP contribution in [0, 0.1) is 50.4 Å². The number of halogens is 3. The SMILES string of the molecule is Cc1c(C#N)cc(-c2c(I)cc(I)c(C#N)c2I)cc1[N+](=O)[O-]. The van der Waals surface area contributed by atoms with E-state index >= 15 is 0 Å². The third-order valence-corrected chi connectivity index (χ3v) is 6.05. The minimum absolute atomic E-state index is 0.0947. The topological polar surface area (TPSA) is 90.7 Å². The maximum atomic E-state index is 11.3. The lowest BCUT2D eigenvalue weighted by Crippen LogP contribution is -1.99. The zero-order valence-electron chi connectivity index (χ0n) is 11.5. The van der Waals surface area contributed by atoms with Gasteiger partial charge in [0.15, 0.2) is 0 Å². The number of benzene rings is 2. The van der Waals surface area contributed by atoms with Gasteiger partial charge >= 0.3 is 0 Å². The Labute approximate surface area is 173 Å². The van der Waals surface area contributed by atoms with E-state index in [0.717, 1.165) is 16.3 Å². The quantitative estimate of drug-likeness (QED) is 0.259. The Balaban J connectivity index is 2.89. The summed E-state index contributed by atoms with van der Waals surface area (Å²) >= 11 is 6.30. The summed E-state index contributed by atoms with van der Waals surface area (Å²) in [6.45, 7) is 1.56. The molecule has 114 valence electrons. The van der Waals surface area contributed by atoms with E-state index in [9.17, 15) is 20.6 Å². The Morgan fingerprint density at radius 2 is 1.74 bits per heavy atom. The molecule has 2 aromatic carbocycles. The summed E-state index contributed by atoms with van der Waals surface area (Å²) in [5, 5.41) is 29.8. The average molecular weight is 641 g/mol. The third-order valence-electron chi connectivity index (χ3n) is 3.27. The van der Waals surface area contributed by atoms with E-state index in [4.69, 9.17) is 0 Å². The highest BCUT2D eigenvalue weighted by Gasteiger charge is 2.21. The Kier molecular flexibility index (Phi) is 5.80. The molecule has 0 unspecified atom stereocenters. The number of nitro groups is 1. The lowest BCUT2D eigenvalue weighted by molar-refractivity contribution is -0.385. The van der Waals surface area contributed by atoms with Gasteiger partial charge in [-0.2, -0.15) is 10.5 Å². The van der Waals surface area contributed by atoms with Crippen LogP contribution in [0.15, 0.2) is 18.2 Å². The van der Waals surface area contributed by atoms with Crippen molar-refractivity contribution in [2.45, 2.75) is 6.92 Å². The van der Waals surface area contributed by atoms with Crippen molar-refractivity contribution in [1.82, 2.24) is 0 Å². The molecule has 2 rings (SSSR count). The molecule has 0 N–H and O–H groups in total. The van der Waals surface area contributed by atoms with Gasteiger partial charge in [-0.25, -0.2) is 0 Å². The van der Waals surface area contributed by atoms with Crippen LogP contribution in [0.1, 0.15) is 16.7 Å². The average Bonchev–Trinajstić information content (AvgIpc) is 2.48. The predicted octanol–water partition coefficient (Wildman–Crippen LogP) is 5.13. The zero-order chi connectivity index (χ0) is 17.3. The summed E-state index contributed by atoms with van der Waals surface area (Å²) in [7, 11) is 0.